The fourth-order valence-electron chi connectivity index (χ4n) is 1.78. The zero-order chi connectivity index (χ0) is 10.7. The second-order valence-electron chi connectivity index (χ2n) is 3.74. The van der Waals surface area contributed by atoms with Gasteiger partial charge in [-0.2, -0.15) is 0 Å². The number of carbonyl (C=O) groups is 2. The first-order chi connectivity index (χ1) is 7.27. The van der Waals surface area contributed by atoms with Crippen LogP contribution in [-0.4, -0.2) is 36.3 Å². The minimum atomic E-state index is -0.485. The van der Waals surface area contributed by atoms with E-state index in [9.17, 15) is 9.59 Å². The number of hydrogen-bond donors (Lipinski definition) is 1. The number of carbonyl (C=O) groups excluding carboxylic acids is 2. The number of nitrogens with zero attached hydrogens (tertiary/aromatic N) is 1. The number of allylic oxidation sites excluding steroid dienone is 2. The predicted molar refractivity (Wildman–Crippen MR) is 56.0 cm³/mol. The zero-order valence-corrected chi connectivity index (χ0v) is 8.53. The molecular weight excluding hydrogens is 192 g/mol. The van der Waals surface area contributed by atoms with E-state index in [-0.39, 0.29) is 0 Å². The monoisotopic (exact) mass is 206 g/mol. The first-order valence-corrected chi connectivity index (χ1v) is 5.20. The normalized spacial score (nSPS) is 21.3. The molecule has 2 aliphatic rings. The van der Waals surface area contributed by atoms with Crippen molar-refractivity contribution in [3.8, 4) is 0 Å². The topological polar surface area (TPSA) is 49.4 Å². The van der Waals surface area contributed by atoms with Crippen molar-refractivity contribution in [2.75, 3.05) is 19.6 Å². The van der Waals surface area contributed by atoms with Gasteiger partial charge in [-0.25, -0.2) is 0 Å². The van der Waals surface area contributed by atoms with Gasteiger partial charge < -0.3 is 10.2 Å². The van der Waals surface area contributed by atoms with E-state index in [1.165, 1.54) is 0 Å². The van der Waals surface area contributed by atoms with Gasteiger partial charge in [-0.3, -0.25) is 9.59 Å². The van der Waals surface area contributed by atoms with Crippen LogP contribution in [0.25, 0.3) is 0 Å². The minimum absolute atomic E-state index is 0.416. The summed E-state index contributed by atoms with van der Waals surface area (Å²) < 4.78 is 0. The Labute approximate surface area is 88.6 Å². The van der Waals surface area contributed by atoms with Crippen LogP contribution in [0.5, 0.6) is 0 Å². The molecule has 15 heavy (non-hydrogen) atoms. The van der Waals surface area contributed by atoms with E-state index in [0.29, 0.717) is 19.6 Å². The number of amides is 2. The molecule has 80 valence electrons. The molecule has 0 aromatic carbocycles. The van der Waals surface area contributed by atoms with Gasteiger partial charge in [0.1, 0.15) is 0 Å². The summed E-state index contributed by atoms with van der Waals surface area (Å²) in [7, 11) is 0. The van der Waals surface area contributed by atoms with E-state index < -0.39 is 11.8 Å². The van der Waals surface area contributed by atoms with Crippen molar-refractivity contribution >= 4 is 11.8 Å². The Balaban J connectivity index is 1.99. The van der Waals surface area contributed by atoms with Crippen molar-refractivity contribution < 1.29 is 9.59 Å². The zero-order valence-electron chi connectivity index (χ0n) is 8.53. The second-order valence-corrected chi connectivity index (χ2v) is 3.74. The molecule has 1 heterocycles. The molecule has 0 atom stereocenters. The van der Waals surface area contributed by atoms with Gasteiger partial charge >= 0.3 is 11.8 Å². The average molecular weight is 206 g/mol. The molecule has 0 bridgehead atoms. The molecule has 4 nitrogen and oxygen atoms in total. The molecule has 1 fully saturated rings. The van der Waals surface area contributed by atoms with Gasteiger partial charge in [0.2, 0.25) is 0 Å². The van der Waals surface area contributed by atoms with Crippen LogP contribution in [0, 0.1) is 0 Å². The van der Waals surface area contributed by atoms with Gasteiger partial charge in [0.05, 0.1) is 0 Å². The number of piperazine rings is 1. The Morgan fingerprint density at radius 2 is 2.20 bits per heavy atom. The van der Waals surface area contributed by atoms with Crippen molar-refractivity contribution in [3.05, 3.63) is 23.8 Å². The third-order valence-electron chi connectivity index (χ3n) is 2.59. The van der Waals surface area contributed by atoms with Crippen LogP contribution in [-0.2, 0) is 9.59 Å². The molecule has 0 spiro atoms. The summed E-state index contributed by atoms with van der Waals surface area (Å²) in [5, 5.41) is 2.53. The lowest BCUT2D eigenvalue weighted by Crippen LogP contribution is -2.52. The molecule has 4 heteroatoms. The highest BCUT2D eigenvalue weighted by Crippen LogP contribution is 2.11. The van der Waals surface area contributed by atoms with Crippen LogP contribution in [0.15, 0.2) is 23.8 Å². The van der Waals surface area contributed by atoms with Gasteiger partial charge in [-0.1, -0.05) is 18.2 Å². The van der Waals surface area contributed by atoms with Crippen LogP contribution in [0.4, 0.5) is 0 Å². The highest BCUT2D eigenvalue weighted by atomic mass is 16.2. The van der Waals surface area contributed by atoms with Crippen LogP contribution in [0.2, 0.25) is 0 Å². The summed E-state index contributed by atoms with van der Waals surface area (Å²) >= 11 is 0. The maximum atomic E-state index is 11.5. The van der Waals surface area contributed by atoms with Gasteiger partial charge in [-0.15, -0.1) is 0 Å². The fourth-order valence-corrected chi connectivity index (χ4v) is 1.78. The molecule has 0 unspecified atom stereocenters. The lowest BCUT2D eigenvalue weighted by atomic mass is 10.1. The lowest BCUT2D eigenvalue weighted by Gasteiger charge is -2.27. The molecule has 1 N–H and O–H groups in total. The molecule has 1 aliphatic carbocycles. The van der Waals surface area contributed by atoms with E-state index >= 15 is 0 Å². The third-order valence-corrected chi connectivity index (χ3v) is 2.59. The SMILES string of the molecule is O=C1NCCN(CC2=CCCC=C2)C1=O. The summed E-state index contributed by atoms with van der Waals surface area (Å²) in [6.45, 7) is 1.72. The standard InChI is InChI=1S/C11H14N2O2/c14-10-11(15)13(7-6-12-10)8-9-4-2-1-3-5-9/h2,4-5H,1,3,6-8H2,(H,12,14). The van der Waals surface area contributed by atoms with Gasteiger partial charge in [0.15, 0.2) is 0 Å². The first kappa shape index (κ1) is 9.96. The highest BCUT2D eigenvalue weighted by Gasteiger charge is 2.25. The van der Waals surface area contributed by atoms with Crippen LogP contribution in [0.1, 0.15) is 12.8 Å². The molecule has 2 rings (SSSR count). The lowest BCUT2D eigenvalue weighted by molar-refractivity contribution is -0.147. The Morgan fingerprint density at radius 3 is 2.93 bits per heavy atom. The van der Waals surface area contributed by atoms with Crippen molar-refractivity contribution in [1.29, 1.82) is 0 Å². The molecule has 1 saturated heterocycles. The Kier molecular flexibility index (Phi) is 2.85. The van der Waals surface area contributed by atoms with Crippen LogP contribution in [0.3, 0.4) is 0 Å². The number of hydrogen-bond acceptors (Lipinski definition) is 2. The van der Waals surface area contributed by atoms with Crippen molar-refractivity contribution in [2.24, 2.45) is 0 Å². The molecular formula is C11H14N2O2. The van der Waals surface area contributed by atoms with Crippen LogP contribution >= 0.6 is 0 Å². The van der Waals surface area contributed by atoms with Gasteiger partial charge in [0, 0.05) is 19.6 Å². The predicted octanol–water partition coefficient (Wildman–Crippen LogP) is 0.221. The van der Waals surface area contributed by atoms with Gasteiger partial charge in [0.25, 0.3) is 0 Å². The molecule has 0 aromatic rings. The van der Waals surface area contributed by atoms with Crippen molar-refractivity contribution in [1.82, 2.24) is 10.2 Å². The average Bonchev–Trinajstić information content (AvgIpc) is 2.26. The summed E-state index contributed by atoms with van der Waals surface area (Å²) in [5.74, 6) is -0.900. The molecule has 0 saturated carbocycles. The molecule has 0 radical (unpaired) electrons. The largest absolute Gasteiger partial charge is 0.346 e. The first-order valence-electron chi connectivity index (χ1n) is 5.20. The Hall–Kier alpha value is -1.58. The maximum Gasteiger partial charge on any atom is 0.312 e. The smallest absolute Gasteiger partial charge is 0.312 e. The van der Waals surface area contributed by atoms with E-state index in [1.807, 2.05) is 6.08 Å². The second kappa shape index (κ2) is 4.29. The van der Waals surface area contributed by atoms with E-state index in [0.717, 1.165) is 18.4 Å². The Morgan fingerprint density at radius 1 is 1.33 bits per heavy atom. The molecule has 0 aromatic heterocycles. The minimum Gasteiger partial charge on any atom is -0.346 e. The van der Waals surface area contributed by atoms with Crippen molar-refractivity contribution in [3.63, 3.8) is 0 Å². The Bertz CT molecular complexity index is 344. The van der Waals surface area contributed by atoms with Crippen LogP contribution < -0.4 is 5.32 Å². The fraction of sp³-hybridized carbons (Fsp3) is 0.455. The van der Waals surface area contributed by atoms with E-state index in [2.05, 4.69) is 17.5 Å². The third kappa shape index (κ3) is 2.26. The quantitative estimate of drug-likeness (QED) is 0.657. The highest BCUT2D eigenvalue weighted by molar-refractivity contribution is 6.35. The van der Waals surface area contributed by atoms with E-state index in [1.54, 1.807) is 4.90 Å². The van der Waals surface area contributed by atoms with E-state index in [4.69, 9.17) is 0 Å². The number of nitrogens with one attached hydrogen (secondary N) is 1. The summed E-state index contributed by atoms with van der Waals surface area (Å²) in [6, 6.07) is 0. The summed E-state index contributed by atoms with van der Waals surface area (Å²) in [5.41, 5.74) is 1.13. The summed E-state index contributed by atoms with van der Waals surface area (Å²) in [6.07, 6.45) is 8.35. The number of rotatable bonds is 2. The van der Waals surface area contributed by atoms with Crippen molar-refractivity contribution in [2.45, 2.75) is 12.8 Å². The van der Waals surface area contributed by atoms with Gasteiger partial charge in [-0.05, 0) is 18.4 Å². The maximum absolute atomic E-state index is 11.5. The summed E-state index contributed by atoms with van der Waals surface area (Å²) in [4.78, 5) is 24.2. The molecule has 1 aliphatic heterocycles. The molecule has 2 amide bonds.